The predicted octanol–water partition coefficient (Wildman–Crippen LogP) is 2.52. The van der Waals surface area contributed by atoms with E-state index in [0.717, 1.165) is 12.0 Å². The van der Waals surface area contributed by atoms with Crippen LogP contribution in [0.1, 0.15) is 46.0 Å². The summed E-state index contributed by atoms with van der Waals surface area (Å²) in [7, 11) is 2.27. The third-order valence-corrected chi connectivity index (χ3v) is 6.46. The van der Waals surface area contributed by atoms with Crippen LogP contribution in [0.15, 0.2) is 0 Å². The lowest BCUT2D eigenvalue weighted by molar-refractivity contribution is 0.0830. The van der Waals surface area contributed by atoms with Crippen molar-refractivity contribution >= 4 is 0 Å². The Balaban J connectivity index is 1.45. The molecule has 3 rings (SSSR count). The van der Waals surface area contributed by atoms with Crippen molar-refractivity contribution < 1.29 is 0 Å². The molecule has 0 N–H and O–H groups in total. The van der Waals surface area contributed by atoms with Crippen LogP contribution in [0.3, 0.4) is 0 Å². The topological polar surface area (TPSA) is 9.72 Å². The summed E-state index contributed by atoms with van der Waals surface area (Å²) in [6.45, 7) is 14.1. The second-order valence-corrected chi connectivity index (χ2v) is 8.36. The van der Waals surface area contributed by atoms with Gasteiger partial charge in [0.1, 0.15) is 0 Å². The molecule has 0 aromatic rings. The molecule has 0 saturated carbocycles. The van der Waals surface area contributed by atoms with Gasteiger partial charge in [-0.1, -0.05) is 0 Å². The van der Waals surface area contributed by atoms with Gasteiger partial charge < -0.3 is 14.7 Å². The Bertz CT molecular complexity index is 325. The van der Waals surface area contributed by atoms with Gasteiger partial charge in [-0.05, 0) is 97.1 Å². The molecule has 3 heterocycles. The Labute approximate surface area is 131 Å². The number of nitrogens with zero attached hydrogens (tertiary/aromatic N) is 3. The Hall–Kier alpha value is -0.120. The van der Waals surface area contributed by atoms with Crippen LogP contribution < -0.4 is 0 Å². The van der Waals surface area contributed by atoms with E-state index in [1.807, 2.05) is 0 Å². The molecule has 0 unspecified atom stereocenters. The summed E-state index contributed by atoms with van der Waals surface area (Å²) in [6.07, 6.45) is 7.18. The SMILES string of the molecule is CC(C)N1CCC2(CCN(CC3CCN(C)CC3)C2)CC1. The van der Waals surface area contributed by atoms with Crippen LogP contribution in [-0.4, -0.2) is 73.6 Å². The quantitative estimate of drug-likeness (QED) is 0.792. The molecule has 3 aliphatic rings. The van der Waals surface area contributed by atoms with Crippen LogP contribution in [0.5, 0.6) is 0 Å². The van der Waals surface area contributed by atoms with Gasteiger partial charge in [-0.25, -0.2) is 0 Å². The number of hydrogen-bond donors (Lipinski definition) is 0. The third kappa shape index (κ3) is 3.80. The minimum absolute atomic E-state index is 0.677. The number of rotatable bonds is 3. The Morgan fingerprint density at radius 3 is 2.19 bits per heavy atom. The molecule has 21 heavy (non-hydrogen) atoms. The average Bonchev–Trinajstić information content (AvgIpc) is 2.85. The van der Waals surface area contributed by atoms with Gasteiger partial charge >= 0.3 is 0 Å². The van der Waals surface area contributed by atoms with Crippen molar-refractivity contribution in [2.24, 2.45) is 11.3 Å². The van der Waals surface area contributed by atoms with Gasteiger partial charge in [0.15, 0.2) is 0 Å². The van der Waals surface area contributed by atoms with Gasteiger partial charge in [-0.2, -0.15) is 0 Å². The standard InChI is InChI=1S/C18H35N3/c1-16(2)21-12-7-18(8-13-21)6-11-20(15-18)14-17-4-9-19(3)10-5-17/h16-17H,4-15H2,1-3H3. The molecule has 3 nitrogen and oxygen atoms in total. The summed E-state index contributed by atoms with van der Waals surface area (Å²) in [5, 5.41) is 0. The molecule has 3 fully saturated rings. The van der Waals surface area contributed by atoms with Crippen LogP contribution in [0, 0.1) is 11.3 Å². The van der Waals surface area contributed by atoms with E-state index in [1.54, 1.807) is 0 Å². The van der Waals surface area contributed by atoms with Crippen LogP contribution in [-0.2, 0) is 0 Å². The molecule has 0 amide bonds. The Kier molecular flexibility index (Phi) is 4.92. The number of likely N-dealkylation sites (tertiary alicyclic amines) is 3. The van der Waals surface area contributed by atoms with Gasteiger partial charge in [-0.3, -0.25) is 0 Å². The molecular formula is C18H35N3. The first-order valence-corrected chi connectivity index (χ1v) is 9.21. The monoisotopic (exact) mass is 293 g/mol. The fraction of sp³-hybridized carbons (Fsp3) is 1.00. The molecule has 0 aromatic heterocycles. The van der Waals surface area contributed by atoms with Crippen molar-refractivity contribution in [2.45, 2.75) is 52.0 Å². The van der Waals surface area contributed by atoms with Crippen molar-refractivity contribution in [1.29, 1.82) is 0 Å². The Morgan fingerprint density at radius 2 is 1.57 bits per heavy atom. The molecule has 0 aliphatic carbocycles. The lowest BCUT2D eigenvalue weighted by Gasteiger charge is -2.41. The number of hydrogen-bond acceptors (Lipinski definition) is 3. The first-order chi connectivity index (χ1) is 10.1. The maximum atomic E-state index is 2.81. The van der Waals surface area contributed by atoms with Gasteiger partial charge in [0.05, 0.1) is 0 Å². The van der Waals surface area contributed by atoms with Gasteiger partial charge in [0, 0.05) is 19.1 Å². The van der Waals surface area contributed by atoms with Crippen molar-refractivity contribution in [3.05, 3.63) is 0 Å². The summed E-state index contributed by atoms with van der Waals surface area (Å²) >= 11 is 0. The normalized spacial score (nSPS) is 29.7. The lowest BCUT2D eigenvalue weighted by Crippen LogP contribution is -2.44. The predicted molar refractivity (Wildman–Crippen MR) is 89.7 cm³/mol. The van der Waals surface area contributed by atoms with Crippen molar-refractivity contribution in [3.8, 4) is 0 Å². The minimum atomic E-state index is 0.677. The van der Waals surface area contributed by atoms with E-state index in [0.29, 0.717) is 5.41 Å². The maximum absolute atomic E-state index is 2.81. The largest absolute Gasteiger partial charge is 0.306 e. The molecule has 3 saturated heterocycles. The van der Waals surface area contributed by atoms with Crippen molar-refractivity contribution in [2.75, 3.05) is 52.9 Å². The first-order valence-electron chi connectivity index (χ1n) is 9.21. The fourth-order valence-corrected chi connectivity index (χ4v) is 4.72. The van der Waals surface area contributed by atoms with Gasteiger partial charge in [-0.15, -0.1) is 0 Å². The van der Waals surface area contributed by atoms with Crippen LogP contribution in [0.25, 0.3) is 0 Å². The van der Waals surface area contributed by atoms with E-state index >= 15 is 0 Å². The zero-order valence-corrected chi connectivity index (χ0v) is 14.5. The lowest BCUT2D eigenvalue weighted by atomic mass is 9.77. The molecule has 0 bridgehead atoms. The number of piperidine rings is 2. The van der Waals surface area contributed by atoms with Crippen LogP contribution >= 0.6 is 0 Å². The highest BCUT2D eigenvalue weighted by Crippen LogP contribution is 2.41. The fourth-order valence-electron chi connectivity index (χ4n) is 4.72. The summed E-state index contributed by atoms with van der Waals surface area (Å²) in [5.74, 6) is 0.965. The average molecular weight is 293 g/mol. The molecular weight excluding hydrogens is 258 g/mol. The van der Waals surface area contributed by atoms with Crippen LogP contribution in [0.2, 0.25) is 0 Å². The Morgan fingerprint density at radius 1 is 0.952 bits per heavy atom. The zero-order chi connectivity index (χ0) is 14.9. The summed E-state index contributed by atoms with van der Waals surface area (Å²) < 4.78 is 0. The van der Waals surface area contributed by atoms with Crippen LogP contribution in [0.4, 0.5) is 0 Å². The second-order valence-electron chi connectivity index (χ2n) is 8.36. The molecule has 122 valence electrons. The van der Waals surface area contributed by atoms with E-state index in [1.165, 1.54) is 77.9 Å². The summed E-state index contributed by atoms with van der Waals surface area (Å²) in [5.41, 5.74) is 0.677. The molecule has 3 heteroatoms. The molecule has 3 aliphatic heterocycles. The van der Waals surface area contributed by atoms with E-state index in [4.69, 9.17) is 0 Å². The highest BCUT2D eigenvalue weighted by molar-refractivity contribution is 4.94. The van der Waals surface area contributed by atoms with Crippen molar-refractivity contribution in [3.63, 3.8) is 0 Å². The highest BCUT2D eigenvalue weighted by Gasteiger charge is 2.41. The van der Waals surface area contributed by atoms with E-state index in [2.05, 4.69) is 35.6 Å². The molecule has 0 atom stereocenters. The first kappa shape index (κ1) is 15.8. The molecule has 0 aromatic carbocycles. The molecule has 1 spiro atoms. The second kappa shape index (κ2) is 6.55. The minimum Gasteiger partial charge on any atom is -0.306 e. The van der Waals surface area contributed by atoms with Gasteiger partial charge in [0.25, 0.3) is 0 Å². The summed E-state index contributed by atoms with van der Waals surface area (Å²) in [4.78, 5) is 7.97. The van der Waals surface area contributed by atoms with E-state index in [9.17, 15) is 0 Å². The van der Waals surface area contributed by atoms with Gasteiger partial charge in [0.2, 0.25) is 0 Å². The molecule has 0 radical (unpaired) electrons. The summed E-state index contributed by atoms with van der Waals surface area (Å²) in [6, 6.07) is 0.735. The smallest absolute Gasteiger partial charge is 0.00395 e. The zero-order valence-electron chi connectivity index (χ0n) is 14.5. The highest BCUT2D eigenvalue weighted by atomic mass is 15.2. The van der Waals surface area contributed by atoms with E-state index in [-0.39, 0.29) is 0 Å². The maximum Gasteiger partial charge on any atom is 0.00395 e. The third-order valence-electron chi connectivity index (χ3n) is 6.46. The van der Waals surface area contributed by atoms with E-state index < -0.39 is 0 Å². The van der Waals surface area contributed by atoms with Crippen molar-refractivity contribution in [1.82, 2.24) is 14.7 Å².